The van der Waals surface area contributed by atoms with Crippen molar-refractivity contribution in [3.8, 4) is 0 Å². The van der Waals surface area contributed by atoms with Crippen molar-refractivity contribution < 1.29 is 4.79 Å². The molecule has 0 spiro atoms. The van der Waals surface area contributed by atoms with Gasteiger partial charge in [-0.15, -0.1) is 19.0 Å². The molecule has 0 aliphatic carbocycles. The van der Waals surface area contributed by atoms with E-state index in [9.17, 15) is 4.79 Å². The van der Waals surface area contributed by atoms with Crippen LogP contribution < -0.4 is 0 Å². The molecule has 170 valence electrons. The van der Waals surface area contributed by atoms with Crippen LogP contribution in [0.5, 0.6) is 0 Å². The van der Waals surface area contributed by atoms with E-state index >= 15 is 0 Å². The third-order valence-corrected chi connectivity index (χ3v) is 6.96. The third kappa shape index (κ3) is 4.84. The van der Waals surface area contributed by atoms with Crippen molar-refractivity contribution in [2.45, 2.75) is 51.6 Å². The number of fused-ring (bicyclic) bond motifs is 2. The number of carbonyl (C=O) groups is 1. The fraction of sp³-hybridized carbons (Fsp3) is 0.393. The van der Waals surface area contributed by atoms with E-state index < -0.39 is 0 Å². The smallest absolute Gasteiger partial charge is 0.253 e. The van der Waals surface area contributed by atoms with Gasteiger partial charge in [0.15, 0.2) is 0 Å². The first kappa shape index (κ1) is 24.3. The largest absolute Gasteiger partial charge is 0.339 e. The Balaban J connectivity index is 0.00000289. The van der Waals surface area contributed by atoms with E-state index in [1.807, 2.05) is 37.0 Å². The van der Waals surface area contributed by atoms with E-state index in [1.165, 1.54) is 29.5 Å². The molecule has 2 heterocycles. The molecule has 32 heavy (non-hydrogen) atoms. The summed E-state index contributed by atoms with van der Waals surface area (Å²) in [5.41, 5.74) is 6.18. The first-order valence-corrected chi connectivity index (χ1v) is 11.7. The highest BCUT2D eigenvalue weighted by atomic mass is 35.5. The third-order valence-electron chi connectivity index (χ3n) is 6.96. The topological polar surface area (TPSA) is 23.6 Å². The molecule has 0 radical (unpaired) electrons. The SMILES string of the molecule is C=CCN1[C@@H]2CC[C@H]1C/C(=C(\c1ccccc1)c1ccc(C(=O)N(CC)CC)cc1)C2.Cl. The molecular formula is C28H35ClN2O. The minimum Gasteiger partial charge on any atom is -0.339 e. The Bertz CT molecular complexity index is 931. The first-order valence-electron chi connectivity index (χ1n) is 11.7. The predicted octanol–water partition coefficient (Wildman–Crippen LogP) is 6.21. The molecule has 0 aromatic heterocycles. The van der Waals surface area contributed by atoms with E-state index in [0.29, 0.717) is 12.1 Å². The zero-order chi connectivity index (χ0) is 21.8. The van der Waals surface area contributed by atoms with Crippen LogP contribution in [0.3, 0.4) is 0 Å². The second kappa shape index (κ2) is 11.0. The van der Waals surface area contributed by atoms with Gasteiger partial charge in [-0.25, -0.2) is 0 Å². The Labute approximate surface area is 199 Å². The lowest BCUT2D eigenvalue weighted by molar-refractivity contribution is 0.0773. The van der Waals surface area contributed by atoms with Crippen LogP contribution in [0.25, 0.3) is 5.57 Å². The van der Waals surface area contributed by atoms with Gasteiger partial charge in [0.1, 0.15) is 0 Å². The summed E-state index contributed by atoms with van der Waals surface area (Å²) in [4.78, 5) is 17.3. The summed E-state index contributed by atoms with van der Waals surface area (Å²) in [7, 11) is 0. The maximum atomic E-state index is 12.8. The quantitative estimate of drug-likeness (QED) is 0.468. The maximum Gasteiger partial charge on any atom is 0.253 e. The second-order valence-electron chi connectivity index (χ2n) is 8.68. The van der Waals surface area contributed by atoms with Crippen molar-refractivity contribution in [1.29, 1.82) is 0 Å². The summed E-state index contributed by atoms with van der Waals surface area (Å²) in [6.07, 6.45) is 6.84. The highest BCUT2D eigenvalue weighted by Crippen LogP contribution is 2.42. The van der Waals surface area contributed by atoms with E-state index in [-0.39, 0.29) is 18.3 Å². The van der Waals surface area contributed by atoms with Gasteiger partial charge in [0, 0.05) is 37.3 Å². The summed E-state index contributed by atoms with van der Waals surface area (Å²) < 4.78 is 0. The van der Waals surface area contributed by atoms with Crippen LogP contribution >= 0.6 is 12.4 Å². The average molecular weight is 451 g/mol. The van der Waals surface area contributed by atoms with Gasteiger partial charge in [0.25, 0.3) is 5.91 Å². The van der Waals surface area contributed by atoms with Crippen LogP contribution in [0.2, 0.25) is 0 Å². The van der Waals surface area contributed by atoms with Crippen LogP contribution in [0.15, 0.2) is 72.8 Å². The molecule has 2 aliphatic heterocycles. The molecule has 2 aromatic carbocycles. The van der Waals surface area contributed by atoms with Gasteiger partial charge in [-0.3, -0.25) is 9.69 Å². The van der Waals surface area contributed by atoms with Crippen molar-refractivity contribution in [2.24, 2.45) is 0 Å². The number of nitrogens with zero attached hydrogens (tertiary/aromatic N) is 2. The Morgan fingerprint density at radius 3 is 2.00 bits per heavy atom. The zero-order valence-electron chi connectivity index (χ0n) is 19.3. The van der Waals surface area contributed by atoms with E-state index in [0.717, 1.165) is 38.0 Å². The molecule has 2 saturated heterocycles. The molecular weight excluding hydrogens is 416 g/mol. The molecule has 2 atom stereocenters. The number of rotatable bonds is 7. The van der Waals surface area contributed by atoms with Gasteiger partial charge in [-0.2, -0.15) is 0 Å². The molecule has 0 saturated carbocycles. The monoisotopic (exact) mass is 450 g/mol. The van der Waals surface area contributed by atoms with Gasteiger partial charge in [-0.1, -0.05) is 54.1 Å². The summed E-state index contributed by atoms with van der Waals surface area (Å²) in [6.45, 7) is 10.5. The standard InChI is InChI=1S/C28H34N2O.ClH/c1-4-18-30-25-16-17-26(30)20-24(19-25)27(21-10-8-7-9-11-21)22-12-14-23(15-13-22)28(31)29(5-2)6-3;/h4,7-15,25-26H,1,5-6,16-20H2,2-3H3;1H/b27-24-;/t25-,26+;/m0./s1. The number of halogens is 1. The van der Waals surface area contributed by atoms with E-state index in [1.54, 1.807) is 5.57 Å². The summed E-state index contributed by atoms with van der Waals surface area (Å²) >= 11 is 0. The van der Waals surface area contributed by atoms with Crippen molar-refractivity contribution >= 4 is 23.9 Å². The van der Waals surface area contributed by atoms with Crippen LogP contribution in [0.1, 0.15) is 61.0 Å². The van der Waals surface area contributed by atoms with Gasteiger partial charge in [0.05, 0.1) is 0 Å². The van der Waals surface area contributed by atoms with E-state index in [2.05, 4.69) is 53.9 Å². The van der Waals surface area contributed by atoms with Crippen molar-refractivity contribution in [2.75, 3.05) is 19.6 Å². The zero-order valence-corrected chi connectivity index (χ0v) is 20.1. The highest BCUT2D eigenvalue weighted by molar-refractivity contribution is 5.95. The van der Waals surface area contributed by atoms with Crippen molar-refractivity contribution in [3.63, 3.8) is 0 Å². The number of hydrogen-bond acceptors (Lipinski definition) is 2. The molecule has 3 nitrogen and oxygen atoms in total. The minimum atomic E-state index is 0. The van der Waals surface area contributed by atoms with Gasteiger partial charge in [-0.05, 0) is 68.4 Å². The van der Waals surface area contributed by atoms with Gasteiger partial charge < -0.3 is 4.90 Å². The molecule has 0 N–H and O–H groups in total. The van der Waals surface area contributed by atoms with Crippen LogP contribution in [0.4, 0.5) is 0 Å². The summed E-state index contributed by atoms with van der Waals surface area (Å²) in [5.74, 6) is 0.112. The molecule has 4 heteroatoms. The Hall–Kier alpha value is -2.36. The maximum absolute atomic E-state index is 12.8. The van der Waals surface area contributed by atoms with Crippen LogP contribution in [-0.4, -0.2) is 47.4 Å². The Morgan fingerprint density at radius 1 is 0.938 bits per heavy atom. The fourth-order valence-corrected chi connectivity index (χ4v) is 5.41. The molecule has 1 amide bonds. The first-order chi connectivity index (χ1) is 15.2. The Kier molecular flexibility index (Phi) is 8.33. The molecule has 2 aromatic rings. The number of carbonyl (C=O) groups excluding carboxylic acids is 1. The van der Waals surface area contributed by atoms with Gasteiger partial charge in [0.2, 0.25) is 0 Å². The lowest BCUT2D eigenvalue weighted by Gasteiger charge is -2.36. The highest BCUT2D eigenvalue weighted by Gasteiger charge is 2.38. The number of amides is 1. The average Bonchev–Trinajstić information content (AvgIpc) is 3.03. The number of piperidine rings is 1. The Morgan fingerprint density at radius 2 is 1.47 bits per heavy atom. The molecule has 0 unspecified atom stereocenters. The number of hydrogen-bond donors (Lipinski definition) is 0. The molecule has 2 aliphatic rings. The molecule has 2 bridgehead atoms. The molecule has 2 fully saturated rings. The number of benzene rings is 2. The van der Waals surface area contributed by atoms with Crippen molar-refractivity contribution in [1.82, 2.24) is 9.80 Å². The predicted molar refractivity (Wildman–Crippen MR) is 136 cm³/mol. The molecule has 4 rings (SSSR count). The fourth-order valence-electron chi connectivity index (χ4n) is 5.41. The van der Waals surface area contributed by atoms with E-state index in [4.69, 9.17) is 0 Å². The van der Waals surface area contributed by atoms with Crippen molar-refractivity contribution in [3.05, 3.63) is 89.5 Å². The summed E-state index contributed by atoms with van der Waals surface area (Å²) in [6, 6.07) is 20.3. The van der Waals surface area contributed by atoms with Gasteiger partial charge >= 0.3 is 0 Å². The normalized spacial score (nSPS) is 21.6. The summed E-state index contributed by atoms with van der Waals surface area (Å²) in [5, 5.41) is 0. The second-order valence-corrected chi connectivity index (χ2v) is 8.68. The minimum absolute atomic E-state index is 0. The van der Waals surface area contributed by atoms with Crippen LogP contribution in [-0.2, 0) is 0 Å². The van der Waals surface area contributed by atoms with Crippen LogP contribution in [0, 0.1) is 0 Å². The lowest BCUT2D eigenvalue weighted by atomic mass is 9.85. The lowest BCUT2D eigenvalue weighted by Crippen LogP contribution is -2.40.